The zero-order valence-corrected chi connectivity index (χ0v) is 14.9. The molecule has 138 valence electrons. The van der Waals surface area contributed by atoms with Crippen LogP contribution in [0.5, 0.6) is 0 Å². The van der Waals surface area contributed by atoms with Gasteiger partial charge in [-0.3, -0.25) is 14.9 Å². The van der Waals surface area contributed by atoms with Crippen LogP contribution in [0.4, 0.5) is 30.2 Å². The molecule has 6 nitrogen and oxygen atoms in total. The lowest BCUT2D eigenvalue weighted by Gasteiger charge is -2.12. The average molecular weight is 432 g/mol. The summed E-state index contributed by atoms with van der Waals surface area (Å²) in [6, 6.07) is 7.70. The van der Waals surface area contributed by atoms with Crippen molar-refractivity contribution in [2.45, 2.75) is 13.1 Å². The summed E-state index contributed by atoms with van der Waals surface area (Å²) in [4.78, 5) is 21.6. The van der Waals surface area contributed by atoms with Crippen LogP contribution in [0.1, 0.15) is 11.1 Å². The third-order valence-electron chi connectivity index (χ3n) is 3.41. The molecule has 0 unspecified atom stereocenters. The average Bonchev–Trinajstić information content (AvgIpc) is 2.54. The van der Waals surface area contributed by atoms with E-state index in [4.69, 9.17) is 0 Å². The quantitative estimate of drug-likeness (QED) is 0.529. The Morgan fingerprint density at radius 1 is 1.23 bits per heavy atom. The van der Waals surface area contributed by atoms with Crippen molar-refractivity contribution in [1.29, 1.82) is 0 Å². The van der Waals surface area contributed by atoms with E-state index in [0.29, 0.717) is 11.8 Å². The summed E-state index contributed by atoms with van der Waals surface area (Å²) in [6.45, 7) is 1.49. The van der Waals surface area contributed by atoms with Gasteiger partial charge in [-0.2, -0.15) is 13.2 Å². The fourth-order valence-corrected chi connectivity index (χ4v) is 2.65. The van der Waals surface area contributed by atoms with Crippen LogP contribution >= 0.6 is 15.9 Å². The van der Waals surface area contributed by atoms with Crippen molar-refractivity contribution in [2.75, 3.05) is 17.2 Å². The first-order valence-electron chi connectivity index (χ1n) is 7.23. The van der Waals surface area contributed by atoms with Crippen molar-refractivity contribution < 1.29 is 22.9 Å². The fourth-order valence-electron chi connectivity index (χ4n) is 2.18. The number of amides is 1. The zero-order valence-electron chi connectivity index (χ0n) is 13.4. The maximum atomic E-state index is 12.9. The van der Waals surface area contributed by atoms with E-state index >= 15 is 0 Å². The van der Waals surface area contributed by atoms with Crippen molar-refractivity contribution in [1.82, 2.24) is 0 Å². The first-order chi connectivity index (χ1) is 12.1. The number of benzene rings is 2. The number of anilines is 2. The van der Waals surface area contributed by atoms with E-state index in [1.807, 2.05) is 0 Å². The minimum absolute atomic E-state index is 0.0504. The molecule has 0 heterocycles. The van der Waals surface area contributed by atoms with E-state index in [2.05, 4.69) is 26.6 Å². The number of rotatable bonds is 5. The Kier molecular flexibility index (Phi) is 5.86. The Morgan fingerprint density at radius 3 is 2.50 bits per heavy atom. The highest BCUT2D eigenvalue weighted by molar-refractivity contribution is 9.10. The van der Waals surface area contributed by atoms with E-state index in [1.54, 1.807) is 25.1 Å². The number of hydrogen-bond acceptors (Lipinski definition) is 4. The van der Waals surface area contributed by atoms with Crippen LogP contribution in [0.2, 0.25) is 0 Å². The molecular weight excluding hydrogens is 419 g/mol. The van der Waals surface area contributed by atoms with Crippen LogP contribution in [-0.2, 0) is 11.0 Å². The maximum absolute atomic E-state index is 12.9. The molecular formula is C16H13BrF3N3O3. The fraction of sp³-hybridized carbons (Fsp3) is 0.188. The summed E-state index contributed by atoms with van der Waals surface area (Å²) in [6.07, 6.45) is -4.88. The normalized spacial score (nSPS) is 11.1. The van der Waals surface area contributed by atoms with E-state index < -0.39 is 28.3 Å². The van der Waals surface area contributed by atoms with Crippen molar-refractivity contribution in [3.05, 3.63) is 62.1 Å². The van der Waals surface area contributed by atoms with Crippen LogP contribution in [-0.4, -0.2) is 17.4 Å². The summed E-state index contributed by atoms with van der Waals surface area (Å²) >= 11 is 3.30. The third kappa shape index (κ3) is 4.94. The second-order valence-corrected chi connectivity index (χ2v) is 6.26. The number of nitro benzene ring substituents is 1. The third-order valence-corrected chi connectivity index (χ3v) is 3.91. The first-order valence-corrected chi connectivity index (χ1v) is 8.02. The first kappa shape index (κ1) is 19.7. The summed E-state index contributed by atoms with van der Waals surface area (Å²) in [7, 11) is 0. The molecule has 0 atom stereocenters. The molecule has 10 heteroatoms. The van der Waals surface area contributed by atoms with Gasteiger partial charge in [0.05, 0.1) is 11.5 Å². The second kappa shape index (κ2) is 7.73. The highest BCUT2D eigenvalue weighted by atomic mass is 79.9. The van der Waals surface area contributed by atoms with E-state index in [1.165, 1.54) is 0 Å². The van der Waals surface area contributed by atoms with Crippen LogP contribution < -0.4 is 10.6 Å². The van der Waals surface area contributed by atoms with Gasteiger partial charge in [-0.25, -0.2) is 0 Å². The number of alkyl halides is 3. The van der Waals surface area contributed by atoms with Crippen molar-refractivity contribution in [3.8, 4) is 0 Å². The number of aryl methyl sites for hydroxylation is 1. The lowest BCUT2D eigenvalue weighted by atomic mass is 10.1. The van der Waals surface area contributed by atoms with Gasteiger partial charge in [0.15, 0.2) is 0 Å². The summed E-state index contributed by atoms with van der Waals surface area (Å²) in [5, 5.41) is 15.9. The minimum atomic E-state index is -4.88. The molecule has 1 amide bonds. The van der Waals surface area contributed by atoms with Gasteiger partial charge in [0.25, 0.3) is 5.69 Å². The number of carbonyl (C=O) groups excluding carboxylic acids is 1. The summed E-state index contributed by atoms with van der Waals surface area (Å²) < 4.78 is 39.7. The molecule has 2 aromatic carbocycles. The highest BCUT2D eigenvalue weighted by Crippen LogP contribution is 2.37. The Bertz CT molecular complexity index is 856. The molecule has 0 bridgehead atoms. The molecule has 0 saturated heterocycles. The smallest absolute Gasteiger partial charge is 0.376 e. The number of hydrogen-bond donors (Lipinski definition) is 2. The number of carbonyl (C=O) groups is 1. The second-order valence-electron chi connectivity index (χ2n) is 5.35. The Labute approximate surface area is 154 Å². The molecule has 26 heavy (non-hydrogen) atoms. The molecule has 0 radical (unpaired) electrons. The van der Waals surface area contributed by atoms with Crippen molar-refractivity contribution in [2.24, 2.45) is 0 Å². The molecule has 2 rings (SSSR count). The molecule has 0 fully saturated rings. The molecule has 0 aromatic heterocycles. The molecule has 0 aliphatic carbocycles. The highest BCUT2D eigenvalue weighted by Gasteiger charge is 2.38. The minimum Gasteiger partial charge on any atom is -0.376 e. The largest absolute Gasteiger partial charge is 0.423 e. The van der Waals surface area contributed by atoms with Gasteiger partial charge in [-0.05, 0) is 42.8 Å². The monoisotopic (exact) mass is 431 g/mol. The number of nitrogens with zero attached hydrogens (tertiary/aromatic N) is 1. The SMILES string of the molecule is Cc1cc(Br)ccc1NC(=O)CNc1ccc([N+](=O)[O-])c(C(F)(F)F)c1. The molecule has 0 spiro atoms. The maximum Gasteiger partial charge on any atom is 0.423 e. The van der Waals surface area contributed by atoms with Gasteiger partial charge in [0.1, 0.15) is 5.56 Å². The van der Waals surface area contributed by atoms with Gasteiger partial charge in [0, 0.05) is 21.9 Å². The van der Waals surface area contributed by atoms with Crippen LogP contribution in [0.3, 0.4) is 0 Å². The lowest BCUT2D eigenvalue weighted by Crippen LogP contribution is -2.22. The van der Waals surface area contributed by atoms with Crippen LogP contribution in [0.15, 0.2) is 40.9 Å². The summed E-state index contributed by atoms with van der Waals surface area (Å²) in [5.74, 6) is -0.470. The molecule has 2 aromatic rings. The number of halogens is 4. The van der Waals surface area contributed by atoms with Crippen LogP contribution in [0, 0.1) is 17.0 Å². The Balaban J connectivity index is 2.09. The molecule has 0 aliphatic rings. The molecule has 0 saturated carbocycles. The Morgan fingerprint density at radius 2 is 1.92 bits per heavy atom. The van der Waals surface area contributed by atoms with E-state index in [-0.39, 0.29) is 12.2 Å². The van der Waals surface area contributed by atoms with Gasteiger partial charge in [0.2, 0.25) is 5.91 Å². The van der Waals surface area contributed by atoms with E-state index in [0.717, 1.165) is 22.2 Å². The predicted molar refractivity (Wildman–Crippen MR) is 94.1 cm³/mol. The zero-order chi connectivity index (χ0) is 19.5. The number of nitrogens with one attached hydrogen (secondary N) is 2. The lowest BCUT2D eigenvalue weighted by molar-refractivity contribution is -0.388. The van der Waals surface area contributed by atoms with Crippen LogP contribution in [0.25, 0.3) is 0 Å². The van der Waals surface area contributed by atoms with Crippen molar-refractivity contribution in [3.63, 3.8) is 0 Å². The van der Waals surface area contributed by atoms with E-state index in [9.17, 15) is 28.1 Å². The van der Waals surface area contributed by atoms with Gasteiger partial charge < -0.3 is 10.6 Å². The van der Waals surface area contributed by atoms with Gasteiger partial charge in [-0.1, -0.05) is 15.9 Å². The molecule has 2 N–H and O–H groups in total. The predicted octanol–water partition coefficient (Wildman–Crippen LogP) is 4.74. The Hall–Kier alpha value is -2.62. The topological polar surface area (TPSA) is 84.3 Å². The molecule has 0 aliphatic heterocycles. The summed E-state index contributed by atoms with van der Waals surface area (Å²) in [5.41, 5.74) is -1.10. The van der Waals surface area contributed by atoms with Crippen molar-refractivity contribution >= 4 is 38.9 Å². The van der Waals surface area contributed by atoms with Gasteiger partial charge in [-0.15, -0.1) is 0 Å². The standard InChI is InChI=1S/C16H13BrF3N3O3/c1-9-6-10(17)2-4-13(9)22-15(24)8-21-11-3-5-14(23(25)26)12(7-11)16(18,19)20/h2-7,21H,8H2,1H3,(H,22,24). The van der Waals surface area contributed by atoms with Gasteiger partial charge >= 0.3 is 6.18 Å². The number of nitro groups is 1.